The van der Waals surface area contributed by atoms with Gasteiger partial charge in [0.1, 0.15) is 23.7 Å². The van der Waals surface area contributed by atoms with Gasteiger partial charge in [-0.3, -0.25) is 14.5 Å². The van der Waals surface area contributed by atoms with Gasteiger partial charge in [-0.2, -0.15) is 0 Å². The van der Waals surface area contributed by atoms with Crippen molar-refractivity contribution < 1.29 is 23.2 Å². The van der Waals surface area contributed by atoms with Crippen LogP contribution in [-0.2, 0) is 15.1 Å². The van der Waals surface area contributed by atoms with E-state index in [0.717, 1.165) is 33.6 Å². The second kappa shape index (κ2) is 8.81. The number of benzene rings is 3. The molecule has 2 heterocycles. The number of carbonyl (C=O) groups is 3. The topological polar surface area (TPSA) is 69.7 Å². The second-order valence-electron chi connectivity index (χ2n) is 8.54. The minimum absolute atomic E-state index is 0.298. The summed E-state index contributed by atoms with van der Waals surface area (Å²) in [6.07, 6.45) is 0. The first-order chi connectivity index (χ1) is 16.8. The smallest absolute Gasteiger partial charge is 0.319 e. The van der Waals surface area contributed by atoms with Crippen LogP contribution in [0.25, 0.3) is 0 Å². The van der Waals surface area contributed by atoms with Crippen molar-refractivity contribution in [3.05, 3.63) is 95.6 Å². The maximum Gasteiger partial charge on any atom is 0.325 e. The summed E-state index contributed by atoms with van der Waals surface area (Å²) in [5.41, 5.74) is -0.522. The van der Waals surface area contributed by atoms with Gasteiger partial charge >= 0.3 is 6.03 Å². The number of hydrogen-bond donors (Lipinski definition) is 1. The highest BCUT2D eigenvalue weighted by Crippen LogP contribution is 2.43. The summed E-state index contributed by atoms with van der Waals surface area (Å²) in [5.74, 6) is -2.26. The van der Waals surface area contributed by atoms with E-state index in [9.17, 15) is 23.2 Å². The molecule has 1 saturated heterocycles. The van der Waals surface area contributed by atoms with Crippen LogP contribution in [0.3, 0.4) is 0 Å². The Morgan fingerprint density at radius 1 is 1.06 bits per heavy atom. The fourth-order valence-corrected chi connectivity index (χ4v) is 5.70. The lowest BCUT2D eigenvalue weighted by Gasteiger charge is -2.37. The summed E-state index contributed by atoms with van der Waals surface area (Å²) in [6, 6.07) is 18.5. The Labute approximate surface area is 204 Å². The third kappa shape index (κ3) is 3.95. The van der Waals surface area contributed by atoms with Gasteiger partial charge in [-0.1, -0.05) is 42.5 Å². The van der Waals surface area contributed by atoms with E-state index in [1.807, 2.05) is 54.6 Å². The van der Waals surface area contributed by atoms with Gasteiger partial charge in [0.25, 0.3) is 5.91 Å². The summed E-state index contributed by atoms with van der Waals surface area (Å²) in [7, 11) is 0. The molecular weight excluding hydrogens is 472 g/mol. The van der Waals surface area contributed by atoms with E-state index in [1.165, 1.54) is 6.92 Å². The molecule has 0 saturated carbocycles. The standard InChI is InChI=1S/C26H21F2N3O3S/c1-26(18-13-17(27)11-12-19(18)28)24(33)30(25(34)29-26)14-23(32)31-20-9-5-6-10-22(20)35-15-21(31)16-7-3-2-4-8-16/h2-13,21H,14-15H2,1H3,(H,29,34)/t21-,26-/m0/s1. The van der Waals surface area contributed by atoms with Crippen molar-refractivity contribution in [2.75, 3.05) is 17.2 Å². The van der Waals surface area contributed by atoms with Crippen LogP contribution in [0.4, 0.5) is 19.3 Å². The third-order valence-corrected chi connectivity index (χ3v) is 7.46. The fourth-order valence-electron chi connectivity index (χ4n) is 4.53. The minimum Gasteiger partial charge on any atom is -0.319 e. The SMILES string of the molecule is C[C@@]1(c2cc(F)ccc2F)NC(=O)N(CC(=O)N2c3ccccc3SC[C@H]2c2ccccc2)C1=O. The quantitative estimate of drug-likeness (QED) is 0.539. The lowest BCUT2D eigenvalue weighted by atomic mass is 9.91. The van der Waals surface area contributed by atoms with Crippen molar-refractivity contribution in [2.24, 2.45) is 0 Å². The number of fused-ring (bicyclic) bond motifs is 1. The molecule has 3 aromatic carbocycles. The first-order valence-electron chi connectivity index (χ1n) is 11.0. The van der Waals surface area contributed by atoms with E-state index >= 15 is 0 Å². The van der Waals surface area contributed by atoms with Gasteiger partial charge in [-0.15, -0.1) is 11.8 Å². The number of hydrogen-bond acceptors (Lipinski definition) is 4. The van der Waals surface area contributed by atoms with Crippen LogP contribution in [0.1, 0.15) is 24.1 Å². The van der Waals surface area contributed by atoms with Crippen molar-refractivity contribution >= 4 is 35.3 Å². The Morgan fingerprint density at radius 3 is 2.54 bits per heavy atom. The van der Waals surface area contributed by atoms with Crippen molar-refractivity contribution in [3.8, 4) is 0 Å². The van der Waals surface area contributed by atoms with Gasteiger partial charge in [0.15, 0.2) is 0 Å². The van der Waals surface area contributed by atoms with E-state index in [4.69, 9.17) is 0 Å². The summed E-state index contributed by atoms with van der Waals surface area (Å²) in [4.78, 5) is 43.0. The van der Waals surface area contributed by atoms with Gasteiger partial charge in [-0.25, -0.2) is 13.6 Å². The predicted molar refractivity (Wildman–Crippen MR) is 128 cm³/mol. The molecular formula is C26H21F2N3O3S. The zero-order valence-electron chi connectivity index (χ0n) is 18.7. The Bertz CT molecular complexity index is 1340. The second-order valence-corrected chi connectivity index (χ2v) is 9.60. The Hall–Kier alpha value is -3.72. The number of carbonyl (C=O) groups excluding carboxylic acids is 3. The van der Waals surface area contributed by atoms with Crippen molar-refractivity contribution in [1.29, 1.82) is 0 Å². The van der Waals surface area contributed by atoms with Crippen LogP contribution in [0.5, 0.6) is 0 Å². The summed E-state index contributed by atoms with van der Waals surface area (Å²) >= 11 is 1.63. The zero-order chi connectivity index (χ0) is 24.7. The predicted octanol–water partition coefficient (Wildman–Crippen LogP) is 4.61. The highest BCUT2D eigenvalue weighted by molar-refractivity contribution is 7.99. The fraction of sp³-hybridized carbons (Fsp3) is 0.192. The van der Waals surface area contributed by atoms with Gasteiger partial charge in [0, 0.05) is 16.2 Å². The average molecular weight is 494 g/mol. The Balaban J connectivity index is 1.47. The van der Waals surface area contributed by atoms with Gasteiger partial charge in [0.2, 0.25) is 5.91 Å². The third-order valence-electron chi connectivity index (χ3n) is 6.32. The number of halogens is 2. The molecule has 0 radical (unpaired) electrons. The molecule has 9 heteroatoms. The molecule has 3 aromatic rings. The minimum atomic E-state index is -1.84. The number of imide groups is 1. The largest absolute Gasteiger partial charge is 0.325 e. The van der Waals surface area contributed by atoms with Crippen LogP contribution >= 0.6 is 11.8 Å². The molecule has 0 aliphatic carbocycles. The molecule has 6 nitrogen and oxygen atoms in total. The number of nitrogens with zero attached hydrogens (tertiary/aromatic N) is 2. The first-order valence-corrected chi connectivity index (χ1v) is 12.0. The van der Waals surface area contributed by atoms with Crippen LogP contribution in [0.2, 0.25) is 0 Å². The van der Waals surface area contributed by atoms with Gasteiger partial charge in [-0.05, 0) is 42.8 Å². The van der Waals surface area contributed by atoms with Crippen LogP contribution in [-0.4, -0.2) is 35.0 Å². The molecule has 178 valence electrons. The first kappa shape index (κ1) is 23.0. The van der Waals surface area contributed by atoms with Crippen molar-refractivity contribution in [3.63, 3.8) is 0 Å². The molecule has 2 aliphatic rings. The van der Waals surface area contributed by atoms with E-state index in [-0.39, 0.29) is 11.6 Å². The number of urea groups is 1. The van der Waals surface area contributed by atoms with Gasteiger partial charge < -0.3 is 10.2 Å². The van der Waals surface area contributed by atoms with Crippen molar-refractivity contribution in [2.45, 2.75) is 23.4 Å². The number of thioether (sulfide) groups is 1. The molecule has 4 amide bonds. The summed E-state index contributed by atoms with van der Waals surface area (Å²) in [5, 5.41) is 2.44. The Kier molecular flexibility index (Phi) is 5.80. The molecule has 5 rings (SSSR count). The molecule has 35 heavy (non-hydrogen) atoms. The van der Waals surface area contributed by atoms with E-state index in [1.54, 1.807) is 16.7 Å². The van der Waals surface area contributed by atoms with E-state index < -0.39 is 41.6 Å². The lowest BCUT2D eigenvalue weighted by molar-refractivity contribution is -0.134. The zero-order valence-corrected chi connectivity index (χ0v) is 19.5. The van der Waals surface area contributed by atoms with Crippen LogP contribution in [0, 0.1) is 11.6 Å². The van der Waals surface area contributed by atoms with Gasteiger partial charge in [0.05, 0.1) is 11.7 Å². The molecule has 0 unspecified atom stereocenters. The number of anilines is 1. The lowest BCUT2D eigenvalue weighted by Crippen LogP contribution is -2.47. The van der Waals surface area contributed by atoms with Crippen LogP contribution < -0.4 is 10.2 Å². The molecule has 0 spiro atoms. The van der Waals surface area contributed by atoms with E-state index in [0.29, 0.717) is 11.4 Å². The monoisotopic (exact) mass is 493 g/mol. The number of nitrogens with one attached hydrogen (secondary N) is 1. The molecule has 2 aliphatic heterocycles. The molecule has 1 N–H and O–H groups in total. The highest BCUT2D eigenvalue weighted by Gasteiger charge is 2.51. The van der Waals surface area contributed by atoms with Crippen LogP contribution in [0.15, 0.2) is 77.7 Å². The Morgan fingerprint density at radius 2 is 1.77 bits per heavy atom. The number of para-hydroxylation sites is 1. The highest BCUT2D eigenvalue weighted by atomic mass is 32.2. The van der Waals surface area contributed by atoms with Crippen molar-refractivity contribution in [1.82, 2.24) is 10.2 Å². The number of rotatable bonds is 4. The molecule has 1 fully saturated rings. The normalized spacial score (nSPS) is 21.6. The molecule has 0 aromatic heterocycles. The molecule has 0 bridgehead atoms. The average Bonchev–Trinajstić information content (AvgIpc) is 3.08. The maximum atomic E-state index is 14.5. The summed E-state index contributed by atoms with van der Waals surface area (Å²) in [6.45, 7) is 0.759. The summed E-state index contributed by atoms with van der Waals surface area (Å²) < 4.78 is 28.3. The number of amides is 4. The maximum absolute atomic E-state index is 14.5. The van der Waals surface area contributed by atoms with E-state index in [2.05, 4.69) is 5.32 Å². The molecule has 2 atom stereocenters.